The van der Waals surface area contributed by atoms with Gasteiger partial charge in [0.2, 0.25) is 0 Å². The highest BCUT2D eigenvalue weighted by Gasteiger charge is 2.03. The first kappa shape index (κ1) is 8.33. The molecular weight excluding hydrogens is 164 g/mol. The van der Waals surface area contributed by atoms with Crippen LogP contribution in [-0.4, -0.2) is 34.5 Å². The number of alkyl halides is 1. The molecule has 4 nitrogen and oxygen atoms in total. The van der Waals surface area contributed by atoms with Crippen LogP contribution in [0.3, 0.4) is 0 Å². The van der Waals surface area contributed by atoms with E-state index in [9.17, 15) is 0 Å². The lowest BCUT2D eigenvalue weighted by molar-refractivity contribution is 0.701. The molecule has 11 heavy (non-hydrogen) atoms. The highest BCUT2D eigenvalue weighted by Crippen LogP contribution is 2.06. The summed E-state index contributed by atoms with van der Waals surface area (Å²) in [5.74, 6) is 1.59. The van der Waals surface area contributed by atoms with Crippen molar-refractivity contribution >= 4 is 17.4 Å². The molecule has 1 heterocycles. The molecule has 0 spiro atoms. The molecule has 0 unspecified atom stereocenters. The minimum Gasteiger partial charge on any atom is -0.357 e. The van der Waals surface area contributed by atoms with Crippen molar-refractivity contribution in [3.8, 4) is 0 Å². The first-order valence-electron chi connectivity index (χ1n) is 3.37. The van der Waals surface area contributed by atoms with Crippen LogP contribution < -0.4 is 4.90 Å². The van der Waals surface area contributed by atoms with Crippen LogP contribution in [0.2, 0.25) is 0 Å². The summed E-state index contributed by atoms with van der Waals surface area (Å²) < 4.78 is 1.71. The van der Waals surface area contributed by atoms with E-state index in [1.165, 1.54) is 0 Å². The Balaban J connectivity index is 2.67. The largest absolute Gasteiger partial charge is 0.357 e. The topological polar surface area (TPSA) is 34.0 Å². The molecule has 0 radical (unpaired) electrons. The summed E-state index contributed by atoms with van der Waals surface area (Å²) in [5.41, 5.74) is 0. The molecule has 0 atom stereocenters. The van der Waals surface area contributed by atoms with Gasteiger partial charge in [-0.15, -0.1) is 16.7 Å². The lowest BCUT2D eigenvalue weighted by Gasteiger charge is -2.15. The van der Waals surface area contributed by atoms with Gasteiger partial charge in [-0.2, -0.15) is 0 Å². The van der Waals surface area contributed by atoms with Crippen LogP contribution in [0.5, 0.6) is 0 Å². The predicted octanol–water partition coefficient (Wildman–Crippen LogP) is 0.490. The number of hydrogen-bond donors (Lipinski definition) is 0. The molecule has 0 saturated heterocycles. The standard InChI is InChI=1S/C6H11ClN4/c1-10(4-3-7)6-5-8-9-11(6)2/h5H,3-4H2,1-2H3. The van der Waals surface area contributed by atoms with Gasteiger partial charge in [0.05, 0.1) is 6.20 Å². The number of halogens is 1. The average Bonchev–Trinajstić information content (AvgIpc) is 2.36. The lowest BCUT2D eigenvalue weighted by Crippen LogP contribution is -2.22. The first-order valence-corrected chi connectivity index (χ1v) is 3.91. The molecule has 0 bridgehead atoms. The zero-order valence-corrected chi connectivity index (χ0v) is 7.41. The molecule has 5 heteroatoms. The molecule has 0 saturated carbocycles. The number of nitrogens with zero attached hydrogens (tertiary/aromatic N) is 4. The average molecular weight is 175 g/mol. The van der Waals surface area contributed by atoms with Crippen molar-refractivity contribution in [3.05, 3.63) is 6.20 Å². The maximum Gasteiger partial charge on any atom is 0.146 e. The van der Waals surface area contributed by atoms with Crippen LogP contribution in [0.15, 0.2) is 6.20 Å². The SMILES string of the molecule is CN(CCCl)c1cnnn1C. The van der Waals surface area contributed by atoms with E-state index in [1.54, 1.807) is 10.9 Å². The van der Waals surface area contributed by atoms with Gasteiger partial charge < -0.3 is 4.90 Å². The molecule has 1 rings (SSSR count). The lowest BCUT2D eigenvalue weighted by atomic mass is 10.6. The van der Waals surface area contributed by atoms with E-state index in [0.717, 1.165) is 12.4 Å². The van der Waals surface area contributed by atoms with Crippen molar-refractivity contribution < 1.29 is 0 Å². The van der Waals surface area contributed by atoms with E-state index < -0.39 is 0 Å². The molecule has 62 valence electrons. The van der Waals surface area contributed by atoms with Gasteiger partial charge in [-0.1, -0.05) is 5.21 Å². The van der Waals surface area contributed by atoms with Crippen molar-refractivity contribution in [2.75, 3.05) is 24.4 Å². The third kappa shape index (κ3) is 1.83. The third-order valence-electron chi connectivity index (χ3n) is 1.50. The molecule has 0 amide bonds. The van der Waals surface area contributed by atoms with Crippen molar-refractivity contribution in [2.45, 2.75) is 0 Å². The summed E-state index contributed by atoms with van der Waals surface area (Å²) in [6.45, 7) is 0.808. The van der Waals surface area contributed by atoms with E-state index in [-0.39, 0.29) is 0 Å². The Morgan fingerprint density at radius 3 is 2.91 bits per heavy atom. The van der Waals surface area contributed by atoms with E-state index in [2.05, 4.69) is 10.3 Å². The van der Waals surface area contributed by atoms with E-state index >= 15 is 0 Å². The first-order chi connectivity index (χ1) is 5.25. The number of hydrogen-bond acceptors (Lipinski definition) is 3. The van der Waals surface area contributed by atoms with Gasteiger partial charge in [0.25, 0.3) is 0 Å². The van der Waals surface area contributed by atoms with Crippen LogP contribution in [-0.2, 0) is 7.05 Å². The maximum atomic E-state index is 5.57. The number of aryl methyl sites for hydroxylation is 1. The predicted molar refractivity (Wildman–Crippen MR) is 45.0 cm³/mol. The van der Waals surface area contributed by atoms with E-state index in [4.69, 9.17) is 11.6 Å². The Hall–Kier alpha value is -0.770. The van der Waals surface area contributed by atoms with E-state index in [1.807, 2.05) is 19.0 Å². The van der Waals surface area contributed by atoms with Gasteiger partial charge in [0, 0.05) is 26.5 Å². The van der Waals surface area contributed by atoms with Crippen LogP contribution in [0.4, 0.5) is 5.82 Å². The monoisotopic (exact) mass is 174 g/mol. The number of aromatic nitrogens is 3. The van der Waals surface area contributed by atoms with Gasteiger partial charge in [-0.3, -0.25) is 0 Å². The fourth-order valence-electron chi connectivity index (χ4n) is 0.871. The molecule has 0 fully saturated rings. The Bertz CT molecular complexity index is 222. The Labute approximate surface area is 70.7 Å². The van der Waals surface area contributed by atoms with E-state index in [0.29, 0.717) is 5.88 Å². The quantitative estimate of drug-likeness (QED) is 0.626. The Morgan fingerprint density at radius 1 is 1.73 bits per heavy atom. The van der Waals surface area contributed by atoms with Crippen molar-refractivity contribution in [1.82, 2.24) is 15.0 Å². The highest BCUT2D eigenvalue weighted by atomic mass is 35.5. The second-order valence-corrected chi connectivity index (χ2v) is 2.70. The minimum absolute atomic E-state index is 0.613. The molecular formula is C6H11ClN4. The van der Waals surface area contributed by atoms with Crippen molar-refractivity contribution in [2.24, 2.45) is 7.05 Å². The van der Waals surface area contributed by atoms with Gasteiger partial charge in [-0.05, 0) is 0 Å². The fraction of sp³-hybridized carbons (Fsp3) is 0.667. The van der Waals surface area contributed by atoms with Crippen molar-refractivity contribution in [3.63, 3.8) is 0 Å². The van der Waals surface area contributed by atoms with Gasteiger partial charge in [0.1, 0.15) is 5.82 Å². The zero-order chi connectivity index (χ0) is 8.27. The summed E-state index contributed by atoms with van der Waals surface area (Å²) in [5, 5.41) is 7.56. The summed E-state index contributed by atoms with van der Waals surface area (Å²) in [4.78, 5) is 2.01. The molecule has 0 aliphatic heterocycles. The second kappa shape index (κ2) is 3.57. The molecule has 1 aromatic heterocycles. The summed E-state index contributed by atoms with van der Waals surface area (Å²) in [7, 11) is 3.81. The maximum absolute atomic E-state index is 5.57. The molecule has 0 N–H and O–H groups in total. The smallest absolute Gasteiger partial charge is 0.146 e. The minimum atomic E-state index is 0.613. The fourth-order valence-corrected chi connectivity index (χ4v) is 1.12. The van der Waals surface area contributed by atoms with Gasteiger partial charge >= 0.3 is 0 Å². The summed E-state index contributed by atoms with van der Waals surface area (Å²) >= 11 is 5.57. The zero-order valence-electron chi connectivity index (χ0n) is 6.66. The Kier molecular flexibility index (Phi) is 2.70. The van der Waals surface area contributed by atoms with Crippen LogP contribution in [0.1, 0.15) is 0 Å². The van der Waals surface area contributed by atoms with Crippen molar-refractivity contribution in [1.29, 1.82) is 0 Å². The van der Waals surface area contributed by atoms with Crippen LogP contribution in [0, 0.1) is 0 Å². The molecule has 0 aliphatic carbocycles. The second-order valence-electron chi connectivity index (χ2n) is 2.33. The van der Waals surface area contributed by atoms with Gasteiger partial charge in [-0.25, -0.2) is 4.68 Å². The summed E-state index contributed by atoms with van der Waals surface area (Å²) in [6, 6.07) is 0. The number of rotatable bonds is 3. The van der Waals surface area contributed by atoms with Gasteiger partial charge in [0.15, 0.2) is 0 Å². The highest BCUT2D eigenvalue weighted by molar-refractivity contribution is 6.18. The third-order valence-corrected chi connectivity index (χ3v) is 1.67. The summed E-state index contributed by atoms with van der Waals surface area (Å²) in [6.07, 6.45) is 1.71. The molecule has 0 aliphatic rings. The number of anilines is 1. The normalized spacial score (nSPS) is 10.1. The molecule has 1 aromatic rings. The molecule has 0 aromatic carbocycles. The van der Waals surface area contributed by atoms with Crippen LogP contribution >= 0.6 is 11.6 Å². The van der Waals surface area contributed by atoms with Crippen LogP contribution in [0.25, 0.3) is 0 Å². The Morgan fingerprint density at radius 2 is 2.45 bits per heavy atom.